The van der Waals surface area contributed by atoms with Gasteiger partial charge in [-0.05, 0) is 36.8 Å². The Labute approximate surface area is 109 Å². The first-order valence-corrected chi connectivity index (χ1v) is 6.08. The van der Waals surface area contributed by atoms with Crippen molar-refractivity contribution in [3.05, 3.63) is 64.1 Å². The van der Waals surface area contributed by atoms with Gasteiger partial charge in [0.2, 0.25) is 0 Å². The average molecular weight is 290 g/mol. The van der Waals surface area contributed by atoms with Gasteiger partial charge in [0.1, 0.15) is 0 Å². The predicted molar refractivity (Wildman–Crippen MR) is 73.3 cm³/mol. The second-order valence-electron chi connectivity index (χ2n) is 3.78. The maximum absolute atomic E-state index is 11.9. The van der Waals surface area contributed by atoms with E-state index in [1.807, 2.05) is 43.3 Å². The zero-order chi connectivity index (χ0) is 12.3. The number of carbonyl (C=O) groups excluding carboxylic acids is 1. The van der Waals surface area contributed by atoms with Crippen LogP contribution < -0.4 is 5.32 Å². The van der Waals surface area contributed by atoms with E-state index in [9.17, 15) is 4.79 Å². The fourth-order valence-electron chi connectivity index (χ4n) is 1.46. The highest BCUT2D eigenvalue weighted by atomic mass is 79.9. The third-order valence-electron chi connectivity index (χ3n) is 2.47. The van der Waals surface area contributed by atoms with E-state index in [1.165, 1.54) is 0 Å². The summed E-state index contributed by atoms with van der Waals surface area (Å²) in [5.74, 6) is -0.0960. The van der Waals surface area contributed by atoms with Crippen molar-refractivity contribution in [1.29, 1.82) is 0 Å². The molecule has 2 aromatic rings. The van der Waals surface area contributed by atoms with E-state index in [1.54, 1.807) is 12.1 Å². The molecule has 0 saturated heterocycles. The summed E-state index contributed by atoms with van der Waals surface area (Å²) in [5, 5.41) is 2.86. The lowest BCUT2D eigenvalue weighted by Crippen LogP contribution is -2.11. The average Bonchev–Trinajstić information content (AvgIpc) is 2.35. The molecule has 0 saturated carbocycles. The fraction of sp³-hybridized carbons (Fsp3) is 0.0714. The molecular formula is C14H12BrNO. The highest BCUT2D eigenvalue weighted by molar-refractivity contribution is 9.10. The minimum absolute atomic E-state index is 0.0960. The van der Waals surface area contributed by atoms with Crippen molar-refractivity contribution in [2.45, 2.75) is 6.92 Å². The Balaban J connectivity index is 2.16. The Bertz CT molecular complexity index is 537. The summed E-state index contributed by atoms with van der Waals surface area (Å²) >= 11 is 3.44. The van der Waals surface area contributed by atoms with Crippen molar-refractivity contribution in [1.82, 2.24) is 0 Å². The Hall–Kier alpha value is -1.61. The Kier molecular flexibility index (Phi) is 3.59. The van der Waals surface area contributed by atoms with E-state index < -0.39 is 0 Å². The fourth-order valence-corrected chi connectivity index (χ4v) is 1.84. The number of aryl methyl sites for hydroxylation is 1. The van der Waals surface area contributed by atoms with E-state index >= 15 is 0 Å². The van der Waals surface area contributed by atoms with Crippen LogP contribution in [0.1, 0.15) is 15.9 Å². The van der Waals surface area contributed by atoms with E-state index in [4.69, 9.17) is 0 Å². The first-order valence-electron chi connectivity index (χ1n) is 5.29. The topological polar surface area (TPSA) is 29.1 Å². The molecule has 2 aromatic carbocycles. The van der Waals surface area contributed by atoms with Crippen LogP contribution in [0.3, 0.4) is 0 Å². The molecule has 17 heavy (non-hydrogen) atoms. The first kappa shape index (κ1) is 11.9. The molecule has 0 aromatic heterocycles. The number of rotatable bonds is 2. The van der Waals surface area contributed by atoms with Crippen LogP contribution in [0.5, 0.6) is 0 Å². The van der Waals surface area contributed by atoms with Gasteiger partial charge in [0.15, 0.2) is 0 Å². The number of anilines is 1. The Morgan fingerprint density at radius 2 is 1.82 bits per heavy atom. The van der Waals surface area contributed by atoms with Crippen molar-refractivity contribution in [2.24, 2.45) is 0 Å². The summed E-state index contributed by atoms with van der Waals surface area (Å²) in [7, 11) is 0. The van der Waals surface area contributed by atoms with E-state index in [2.05, 4.69) is 21.2 Å². The van der Waals surface area contributed by atoms with Crippen LogP contribution in [0, 0.1) is 6.92 Å². The van der Waals surface area contributed by atoms with Crippen molar-refractivity contribution in [2.75, 3.05) is 5.32 Å². The van der Waals surface area contributed by atoms with Crippen LogP contribution in [0.2, 0.25) is 0 Å². The summed E-state index contributed by atoms with van der Waals surface area (Å²) in [5.41, 5.74) is 2.59. The highest BCUT2D eigenvalue weighted by Crippen LogP contribution is 2.21. The third-order valence-corrected chi connectivity index (χ3v) is 3.32. The van der Waals surface area contributed by atoms with Crippen molar-refractivity contribution in [3.8, 4) is 0 Å². The molecule has 1 amide bonds. The minimum atomic E-state index is -0.0960. The molecule has 0 aliphatic rings. The van der Waals surface area contributed by atoms with Gasteiger partial charge in [-0.2, -0.15) is 0 Å². The normalized spacial score (nSPS) is 10.0. The summed E-state index contributed by atoms with van der Waals surface area (Å²) in [6.45, 7) is 2.01. The molecule has 1 N–H and O–H groups in total. The highest BCUT2D eigenvalue weighted by Gasteiger charge is 2.05. The van der Waals surface area contributed by atoms with Crippen LogP contribution in [0.4, 0.5) is 5.69 Å². The molecule has 0 spiro atoms. The van der Waals surface area contributed by atoms with E-state index in [0.29, 0.717) is 5.56 Å². The first-order chi connectivity index (χ1) is 8.16. The summed E-state index contributed by atoms with van der Waals surface area (Å²) in [4.78, 5) is 11.9. The van der Waals surface area contributed by atoms with Crippen molar-refractivity contribution in [3.63, 3.8) is 0 Å². The lowest BCUT2D eigenvalue weighted by Gasteiger charge is -2.06. The maximum atomic E-state index is 11.9. The minimum Gasteiger partial charge on any atom is -0.322 e. The number of nitrogens with one attached hydrogen (secondary N) is 1. The molecule has 0 fully saturated rings. The van der Waals surface area contributed by atoms with Gasteiger partial charge >= 0.3 is 0 Å². The number of halogens is 1. The lowest BCUT2D eigenvalue weighted by molar-refractivity contribution is 0.102. The maximum Gasteiger partial charge on any atom is 0.255 e. The number of carbonyl (C=O) groups is 1. The second-order valence-corrected chi connectivity index (χ2v) is 4.64. The zero-order valence-electron chi connectivity index (χ0n) is 9.41. The van der Waals surface area contributed by atoms with Gasteiger partial charge in [-0.1, -0.05) is 40.2 Å². The Morgan fingerprint density at radius 3 is 2.47 bits per heavy atom. The van der Waals surface area contributed by atoms with E-state index in [0.717, 1.165) is 15.7 Å². The monoisotopic (exact) mass is 289 g/mol. The molecule has 3 heteroatoms. The SMILES string of the molecule is Cc1ccc(NC(=O)c2ccccc2)cc1Br. The predicted octanol–water partition coefficient (Wildman–Crippen LogP) is 4.01. The van der Waals surface area contributed by atoms with Gasteiger partial charge in [-0.3, -0.25) is 4.79 Å². The molecule has 0 atom stereocenters. The van der Waals surface area contributed by atoms with Gasteiger partial charge in [-0.25, -0.2) is 0 Å². The van der Waals surface area contributed by atoms with Gasteiger partial charge in [0, 0.05) is 15.7 Å². The van der Waals surface area contributed by atoms with Gasteiger partial charge in [0.05, 0.1) is 0 Å². The standard InChI is InChI=1S/C14H12BrNO/c1-10-7-8-12(9-13(10)15)16-14(17)11-5-3-2-4-6-11/h2-9H,1H3,(H,16,17). The molecule has 0 heterocycles. The van der Waals surface area contributed by atoms with E-state index in [-0.39, 0.29) is 5.91 Å². The van der Waals surface area contributed by atoms with Crippen molar-refractivity contribution >= 4 is 27.5 Å². The van der Waals surface area contributed by atoms with Crippen LogP contribution >= 0.6 is 15.9 Å². The molecule has 0 bridgehead atoms. The molecule has 0 aliphatic heterocycles. The summed E-state index contributed by atoms with van der Waals surface area (Å²) in [6.07, 6.45) is 0. The van der Waals surface area contributed by atoms with Crippen LogP contribution in [-0.4, -0.2) is 5.91 Å². The number of benzene rings is 2. The second kappa shape index (κ2) is 5.15. The number of amides is 1. The molecule has 0 aliphatic carbocycles. The quantitative estimate of drug-likeness (QED) is 0.889. The van der Waals surface area contributed by atoms with Crippen LogP contribution in [0.15, 0.2) is 53.0 Å². The van der Waals surface area contributed by atoms with Gasteiger partial charge in [0.25, 0.3) is 5.91 Å². The third kappa shape index (κ3) is 2.94. The van der Waals surface area contributed by atoms with Crippen LogP contribution in [0.25, 0.3) is 0 Å². The molecule has 2 rings (SSSR count). The van der Waals surface area contributed by atoms with Crippen LogP contribution in [-0.2, 0) is 0 Å². The summed E-state index contributed by atoms with van der Waals surface area (Å²) in [6, 6.07) is 14.9. The summed E-state index contributed by atoms with van der Waals surface area (Å²) < 4.78 is 0.989. The molecule has 86 valence electrons. The molecule has 0 unspecified atom stereocenters. The number of hydrogen-bond acceptors (Lipinski definition) is 1. The lowest BCUT2D eigenvalue weighted by atomic mass is 10.2. The largest absolute Gasteiger partial charge is 0.322 e. The van der Waals surface area contributed by atoms with Gasteiger partial charge < -0.3 is 5.32 Å². The smallest absolute Gasteiger partial charge is 0.255 e. The van der Waals surface area contributed by atoms with Crippen molar-refractivity contribution < 1.29 is 4.79 Å². The zero-order valence-corrected chi connectivity index (χ0v) is 11.0. The number of hydrogen-bond donors (Lipinski definition) is 1. The molecule has 0 radical (unpaired) electrons. The molecular weight excluding hydrogens is 278 g/mol. The van der Waals surface area contributed by atoms with Gasteiger partial charge in [-0.15, -0.1) is 0 Å². The molecule has 2 nitrogen and oxygen atoms in total. The Morgan fingerprint density at radius 1 is 1.12 bits per heavy atom.